The van der Waals surface area contributed by atoms with Gasteiger partial charge < -0.3 is 9.72 Å². The van der Waals surface area contributed by atoms with Gasteiger partial charge in [-0.05, 0) is 12.0 Å². The van der Waals surface area contributed by atoms with Gasteiger partial charge in [0.05, 0.1) is 6.42 Å². The standard InChI is InChI=1S/C22H21NO4/c1-2-15-9-6-10-17-18(13-23-22(15)17)20(25)14-27-21(26)12-11-19(24)16-7-4-3-5-8-16/h3-10,13,23H,2,11-12,14H2,1H3. The van der Waals surface area contributed by atoms with E-state index in [0.717, 1.165) is 22.9 Å². The van der Waals surface area contributed by atoms with E-state index in [2.05, 4.69) is 11.9 Å². The van der Waals surface area contributed by atoms with Crippen LogP contribution in [0.25, 0.3) is 10.9 Å². The predicted octanol–water partition coefficient (Wildman–Crippen LogP) is 4.12. The number of fused-ring (bicyclic) bond motifs is 1. The first kappa shape index (κ1) is 18.6. The Hall–Kier alpha value is -3.21. The molecule has 0 saturated heterocycles. The van der Waals surface area contributed by atoms with Crippen LogP contribution >= 0.6 is 0 Å². The van der Waals surface area contributed by atoms with Gasteiger partial charge in [-0.3, -0.25) is 14.4 Å². The number of para-hydroxylation sites is 1. The van der Waals surface area contributed by atoms with Crippen molar-refractivity contribution in [2.24, 2.45) is 0 Å². The second kappa shape index (κ2) is 8.45. The highest BCUT2D eigenvalue weighted by molar-refractivity contribution is 6.09. The molecule has 0 amide bonds. The fraction of sp³-hybridized carbons (Fsp3) is 0.227. The van der Waals surface area contributed by atoms with E-state index in [1.54, 1.807) is 30.5 Å². The number of carbonyl (C=O) groups is 3. The average Bonchev–Trinajstić information content (AvgIpc) is 3.15. The van der Waals surface area contributed by atoms with Crippen molar-refractivity contribution in [2.75, 3.05) is 6.61 Å². The van der Waals surface area contributed by atoms with Crippen LogP contribution in [-0.2, 0) is 16.0 Å². The molecular formula is C22H21NO4. The van der Waals surface area contributed by atoms with Crippen molar-refractivity contribution in [3.05, 3.63) is 71.4 Å². The summed E-state index contributed by atoms with van der Waals surface area (Å²) in [5, 5.41) is 0.828. The number of hydrogen-bond donors (Lipinski definition) is 1. The number of Topliss-reactive ketones (excluding diaryl/α,β-unsaturated/α-hetero) is 2. The SMILES string of the molecule is CCc1cccc2c(C(=O)COC(=O)CCC(=O)c3ccccc3)c[nH]c12. The van der Waals surface area contributed by atoms with Crippen molar-refractivity contribution in [2.45, 2.75) is 26.2 Å². The van der Waals surface area contributed by atoms with Gasteiger partial charge in [0.25, 0.3) is 0 Å². The first-order valence-electron chi connectivity index (χ1n) is 8.96. The molecule has 3 rings (SSSR count). The molecule has 27 heavy (non-hydrogen) atoms. The molecule has 0 spiro atoms. The van der Waals surface area contributed by atoms with Gasteiger partial charge in [0.2, 0.25) is 5.78 Å². The minimum Gasteiger partial charge on any atom is -0.457 e. The fourth-order valence-corrected chi connectivity index (χ4v) is 3.02. The molecule has 138 valence electrons. The van der Waals surface area contributed by atoms with E-state index in [0.29, 0.717) is 11.1 Å². The maximum absolute atomic E-state index is 12.4. The zero-order valence-corrected chi connectivity index (χ0v) is 15.2. The molecule has 2 aromatic carbocycles. The van der Waals surface area contributed by atoms with Gasteiger partial charge in [-0.1, -0.05) is 55.5 Å². The summed E-state index contributed by atoms with van der Waals surface area (Å²) < 4.78 is 5.06. The van der Waals surface area contributed by atoms with Crippen molar-refractivity contribution in [3.8, 4) is 0 Å². The third-order valence-electron chi connectivity index (χ3n) is 4.50. The van der Waals surface area contributed by atoms with Crippen molar-refractivity contribution >= 4 is 28.4 Å². The molecule has 0 fully saturated rings. The summed E-state index contributed by atoms with van der Waals surface area (Å²) in [6, 6.07) is 14.6. The zero-order chi connectivity index (χ0) is 19.2. The van der Waals surface area contributed by atoms with Crippen LogP contribution in [0.2, 0.25) is 0 Å². The van der Waals surface area contributed by atoms with Crippen LogP contribution in [0.3, 0.4) is 0 Å². The quantitative estimate of drug-likeness (QED) is 0.482. The second-order valence-electron chi connectivity index (χ2n) is 6.27. The molecule has 0 aliphatic rings. The van der Waals surface area contributed by atoms with Crippen molar-refractivity contribution < 1.29 is 19.1 Å². The second-order valence-corrected chi connectivity index (χ2v) is 6.27. The van der Waals surface area contributed by atoms with Crippen LogP contribution in [0, 0.1) is 0 Å². The Kier molecular flexibility index (Phi) is 5.81. The van der Waals surface area contributed by atoms with Gasteiger partial charge in [0.1, 0.15) is 0 Å². The number of nitrogens with one attached hydrogen (secondary N) is 1. The molecule has 1 aromatic heterocycles. The lowest BCUT2D eigenvalue weighted by molar-refractivity contribution is -0.142. The molecule has 0 radical (unpaired) electrons. The number of benzene rings is 2. The highest BCUT2D eigenvalue weighted by Gasteiger charge is 2.16. The summed E-state index contributed by atoms with van der Waals surface area (Å²) in [6.07, 6.45) is 2.52. The molecule has 0 bridgehead atoms. The largest absolute Gasteiger partial charge is 0.457 e. The third-order valence-corrected chi connectivity index (χ3v) is 4.50. The monoisotopic (exact) mass is 363 g/mol. The van der Waals surface area contributed by atoms with Crippen molar-refractivity contribution in [1.82, 2.24) is 4.98 Å². The number of aromatic amines is 1. The van der Waals surface area contributed by atoms with Crippen LogP contribution in [0.5, 0.6) is 0 Å². The van der Waals surface area contributed by atoms with Crippen LogP contribution < -0.4 is 0 Å². The van der Waals surface area contributed by atoms with E-state index in [1.165, 1.54) is 0 Å². The third kappa shape index (κ3) is 4.31. The lowest BCUT2D eigenvalue weighted by atomic mass is 10.1. The zero-order valence-electron chi connectivity index (χ0n) is 15.2. The van der Waals surface area contributed by atoms with E-state index in [4.69, 9.17) is 4.74 Å². The maximum atomic E-state index is 12.4. The molecule has 0 saturated carbocycles. The van der Waals surface area contributed by atoms with Gasteiger partial charge in [-0.15, -0.1) is 0 Å². The number of ketones is 2. The average molecular weight is 363 g/mol. The van der Waals surface area contributed by atoms with Gasteiger partial charge in [-0.25, -0.2) is 0 Å². The molecule has 0 aliphatic carbocycles. The summed E-state index contributed by atoms with van der Waals surface area (Å²) in [5.41, 5.74) is 3.13. The number of hydrogen-bond acceptors (Lipinski definition) is 4. The number of H-pyrrole nitrogens is 1. The fourth-order valence-electron chi connectivity index (χ4n) is 3.02. The Bertz CT molecular complexity index is 972. The molecule has 1 N–H and O–H groups in total. The van der Waals surface area contributed by atoms with Crippen LogP contribution in [-0.4, -0.2) is 29.1 Å². The number of rotatable bonds is 8. The van der Waals surface area contributed by atoms with Crippen LogP contribution in [0.1, 0.15) is 46.0 Å². The maximum Gasteiger partial charge on any atom is 0.306 e. The van der Waals surface area contributed by atoms with Crippen LogP contribution in [0.4, 0.5) is 0 Å². The Labute approximate surface area is 157 Å². The van der Waals surface area contributed by atoms with Gasteiger partial charge in [0, 0.05) is 34.6 Å². The number of aromatic nitrogens is 1. The predicted molar refractivity (Wildman–Crippen MR) is 103 cm³/mol. The van der Waals surface area contributed by atoms with E-state index >= 15 is 0 Å². The molecule has 0 unspecified atom stereocenters. The molecule has 0 atom stereocenters. The Morgan fingerprint density at radius 1 is 0.926 bits per heavy atom. The first-order valence-corrected chi connectivity index (χ1v) is 8.96. The first-order chi connectivity index (χ1) is 13.1. The van der Waals surface area contributed by atoms with E-state index in [9.17, 15) is 14.4 Å². The Morgan fingerprint density at radius 3 is 2.44 bits per heavy atom. The van der Waals surface area contributed by atoms with Crippen molar-refractivity contribution in [3.63, 3.8) is 0 Å². The van der Waals surface area contributed by atoms with Crippen LogP contribution in [0.15, 0.2) is 54.7 Å². The highest BCUT2D eigenvalue weighted by atomic mass is 16.5. The van der Waals surface area contributed by atoms with E-state index in [-0.39, 0.29) is 31.0 Å². The molecular weight excluding hydrogens is 342 g/mol. The lowest BCUT2D eigenvalue weighted by Gasteiger charge is -2.04. The number of aryl methyl sites for hydroxylation is 1. The number of esters is 1. The normalized spacial score (nSPS) is 10.7. The number of ether oxygens (including phenoxy) is 1. The van der Waals surface area contributed by atoms with E-state index in [1.807, 2.05) is 24.3 Å². The minimum absolute atomic E-state index is 0.0468. The Balaban J connectivity index is 1.55. The topological polar surface area (TPSA) is 76.2 Å². The molecule has 5 nitrogen and oxygen atoms in total. The molecule has 1 heterocycles. The molecule has 3 aromatic rings. The summed E-state index contributed by atoms with van der Waals surface area (Å²) in [4.78, 5) is 39.4. The van der Waals surface area contributed by atoms with Gasteiger partial charge in [-0.2, -0.15) is 0 Å². The van der Waals surface area contributed by atoms with Crippen molar-refractivity contribution in [1.29, 1.82) is 0 Å². The lowest BCUT2D eigenvalue weighted by Crippen LogP contribution is -2.15. The summed E-state index contributed by atoms with van der Waals surface area (Å²) in [7, 11) is 0. The van der Waals surface area contributed by atoms with Gasteiger partial charge in [0.15, 0.2) is 12.4 Å². The number of carbonyl (C=O) groups excluding carboxylic acids is 3. The smallest absolute Gasteiger partial charge is 0.306 e. The molecule has 5 heteroatoms. The summed E-state index contributed by atoms with van der Waals surface area (Å²) in [5.74, 6) is -0.943. The summed E-state index contributed by atoms with van der Waals surface area (Å²) in [6.45, 7) is 1.72. The van der Waals surface area contributed by atoms with Gasteiger partial charge >= 0.3 is 5.97 Å². The molecule has 0 aliphatic heterocycles. The highest BCUT2D eigenvalue weighted by Crippen LogP contribution is 2.22. The Morgan fingerprint density at radius 2 is 1.70 bits per heavy atom. The van der Waals surface area contributed by atoms with E-state index < -0.39 is 5.97 Å². The minimum atomic E-state index is -0.554. The summed E-state index contributed by atoms with van der Waals surface area (Å²) >= 11 is 0.